The van der Waals surface area contributed by atoms with Crippen LogP contribution >= 0.6 is 0 Å². The third-order valence-electron chi connectivity index (χ3n) is 5.85. The molecule has 15 heteroatoms. The molecule has 37 heavy (non-hydrogen) atoms. The maximum atomic E-state index is 13.2. The molecule has 2 aliphatic rings. The van der Waals surface area contributed by atoms with E-state index in [0.717, 1.165) is 6.07 Å². The van der Waals surface area contributed by atoms with E-state index in [1.54, 1.807) is 0 Å². The Balaban J connectivity index is 1.46. The van der Waals surface area contributed by atoms with Crippen molar-refractivity contribution in [3.63, 3.8) is 0 Å². The molecular formula is C22H21F6N3O6. The number of likely N-dealkylation sites (tertiary alicyclic amines) is 1. The Morgan fingerprint density at radius 2 is 1.92 bits per heavy atom. The number of carbonyl (C=O) groups is 1. The Morgan fingerprint density at radius 3 is 2.62 bits per heavy atom. The molecule has 9 nitrogen and oxygen atoms in total. The van der Waals surface area contributed by atoms with E-state index in [1.807, 2.05) is 0 Å². The molecule has 0 aliphatic carbocycles. The van der Waals surface area contributed by atoms with Gasteiger partial charge in [-0.25, -0.2) is 9.97 Å². The number of amides is 1. The Hall–Kier alpha value is -3.17. The van der Waals surface area contributed by atoms with Gasteiger partial charge in [0.25, 0.3) is 11.8 Å². The van der Waals surface area contributed by atoms with Crippen LogP contribution in [0, 0.1) is 0 Å². The fourth-order valence-corrected chi connectivity index (χ4v) is 4.13. The minimum absolute atomic E-state index is 0.00522. The van der Waals surface area contributed by atoms with Gasteiger partial charge in [-0.3, -0.25) is 9.53 Å². The summed E-state index contributed by atoms with van der Waals surface area (Å²) in [7, 11) is 1.25. The van der Waals surface area contributed by atoms with Gasteiger partial charge in [-0.15, -0.1) is 13.2 Å². The first-order chi connectivity index (χ1) is 17.4. The van der Waals surface area contributed by atoms with Crippen molar-refractivity contribution < 1.29 is 54.8 Å². The van der Waals surface area contributed by atoms with E-state index >= 15 is 0 Å². The SMILES string of the molecule is COc1nc(C(=O)N2CC[C@]3(c4cccc(C(F)(F)F)n4)OCO[C@@H]3C2)ccc1OCCOC(F)(F)F. The van der Waals surface area contributed by atoms with Crippen LogP contribution in [0.4, 0.5) is 26.3 Å². The van der Waals surface area contributed by atoms with Crippen LogP contribution in [0.15, 0.2) is 30.3 Å². The van der Waals surface area contributed by atoms with Gasteiger partial charge in [-0.05, 0) is 24.3 Å². The summed E-state index contributed by atoms with van der Waals surface area (Å²) >= 11 is 0. The first kappa shape index (κ1) is 26.9. The molecule has 0 spiro atoms. The zero-order valence-electron chi connectivity index (χ0n) is 19.3. The average molecular weight is 537 g/mol. The van der Waals surface area contributed by atoms with Gasteiger partial charge in [-0.2, -0.15) is 13.2 Å². The van der Waals surface area contributed by atoms with Crippen LogP contribution in [0.2, 0.25) is 0 Å². The number of fused-ring (bicyclic) bond motifs is 1. The minimum Gasteiger partial charge on any atom is -0.486 e. The molecule has 0 bridgehead atoms. The van der Waals surface area contributed by atoms with Crippen molar-refractivity contribution in [3.8, 4) is 11.6 Å². The van der Waals surface area contributed by atoms with Crippen molar-refractivity contribution in [2.75, 3.05) is 40.2 Å². The second-order valence-electron chi connectivity index (χ2n) is 8.06. The summed E-state index contributed by atoms with van der Waals surface area (Å²) in [4.78, 5) is 22.4. The first-order valence-electron chi connectivity index (χ1n) is 10.9. The highest BCUT2D eigenvalue weighted by Gasteiger charge is 2.53. The molecule has 2 aromatic rings. The second kappa shape index (κ2) is 10.3. The van der Waals surface area contributed by atoms with Gasteiger partial charge in [-0.1, -0.05) is 6.07 Å². The van der Waals surface area contributed by atoms with E-state index in [2.05, 4.69) is 14.7 Å². The summed E-state index contributed by atoms with van der Waals surface area (Å²) in [5.41, 5.74) is -2.29. The predicted octanol–water partition coefficient (Wildman–Crippen LogP) is 3.53. The second-order valence-corrected chi connectivity index (χ2v) is 8.06. The number of nitrogens with zero attached hydrogens (tertiary/aromatic N) is 3. The minimum atomic E-state index is -4.79. The van der Waals surface area contributed by atoms with Gasteiger partial charge in [0, 0.05) is 13.0 Å². The smallest absolute Gasteiger partial charge is 0.486 e. The Kier molecular flexibility index (Phi) is 7.48. The van der Waals surface area contributed by atoms with Crippen molar-refractivity contribution >= 4 is 5.91 Å². The Bertz CT molecular complexity index is 1130. The molecule has 1 amide bonds. The monoisotopic (exact) mass is 537 g/mol. The average Bonchev–Trinajstić information content (AvgIpc) is 3.29. The molecule has 2 fully saturated rings. The Morgan fingerprint density at radius 1 is 1.14 bits per heavy atom. The largest absolute Gasteiger partial charge is 0.522 e. The maximum absolute atomic E-state index is 13.2. The van der Waals surface area contributed by atoms with E-state index < -0.39 is 49.1 Å². The summed E-state index contributed by atoms with van der Waals surface area (Å²) in [5, 5.41) is 0. The van der Waals surface area contributed by atoms with Gasteiger partial charge in [0.1, 0.15) is 36.5 Å². The molecule has 0 unspecified atom stereocenters. The van der Waals surface area contributed by atoms with Gasteiger partial charge in [0.2, 0.25) is 0 Å². The molecule has 202 valence electrons. The molecular weight excluding hydrogens is 516 g/mol. The highest BCUT2D eigenvalue weighted by Crippen LogP contribution is 2.43. The van der Waals surface area contributed by atoms with Crippen molar-refractivity contribution in [1.29, 1.82) is 0 Å². The lowest BCUT2D eigenvalue weighted by Crippen LogP contribution is -2.54. The van der Waals surface area contributed by atoms with Crippen LogP contribution in [0.5, 0.6) is 11.6 Å². The van der Waals surface area contributed by atoms with Crippen molar-refractivity contribution in [2.45, 2.75) is 30.7 Å². The fraction of sp³-hybridized carbons (Fsp3) is 0.500. The zero-order valence-corrected chi connectivity index (χ0v) is 19.3. The molecule has 0 saturated carbocycles. The molecule has 2 aromatic heterocycles. The number of hydrogen-bond acceptors (Lipinski definition) is 8. The summed E-state index contributed by atoms with van der Waals surface area (Å²) < 4.78 is 101. The number of aromatic nitrogens is 2. The van der Waals surface area contributed by atoms with E-state index in [4.69, 9.17) is 18.9 Å². The predicted molar refractivity (Wildman–Crippen MR) is 111 cm³/mol. The van der Waals surface area contributed by atoms with E-state index in [-0.39, 0.29) is 49.3 Å². The number of ether oxygens (including phenoxy) is 5. The van der Waals surface area contributed by atoms with E-state index in [1.165, 1.54) is 36.3 Å². The first-order valence-corrected chi connectivity index (χ1v) is 10.9. The number of pyridine rings is 2. The normalized spacial score (nSPS) is 22.0. The van der Waals surface area contributed by atoms with Crippen LogP contribution in [-0.4, -0.2) is 73.4 Å². The molecule has 0 N–H and O–H groups in total. The van der Waals surface area contributed by atoms with Crippen molar-refractivity contribution in [3.05, 3.63) is 47.4 Å². The number of halogens is 6. The number of hydrogen-bond donors (Lipinski definition) is 0. The van der Waals surface area contributed by atoms with Crippen molar-refractivity contribution in [1.82, 2.24) is 14.9 Å². The number of alkyl halides is 6. The lowest BCUT2D eigenvalue weighted by atomic mass is 9.85. The van der Waals surface area contributed by atoms with Gasteiger partial charge in [0.05, 0.1) is 26.0 Å². The van der Waals surface area contributed by atoms with Gasteiger partial charge in [0.15, 0.2) is 5.75 Å². The summed E-state index contributed by atoms with van der Waals surface area (Å²) in [6.45, 7) is -1.28. The van der Waals surface area contributed by atoms with Crippen molar-refractivity contribution in [2.24, 2.45) is 0 Å². The summed E-state index contributed by atoms with van der Waals surface area (Å²) in [5.74, 6) is -0.644. The molecule has 2 atom stereocenters. The third kappa shape index (κ3) is 5.88. The summed E-state index contributed by atoms with van der Waals surface area (Å²) in [6, 6.07) is 6.17. The number of piperidine rings is 1. The standard InChI is InChI=1S/C22H21F6N3O6/c1-33-18-14(34-9-10-36-22(26,27)28)6-5-13(29-18)19(32)31-8-7-20(17(11-31)35-12-37-20)15-3-2-4-16(30-15)21(23,24)25/h2-6,17H,7-12H2,1H3/t17-,20-/m1/s1. The quantitative estimate of drug-likeness (QED) is 0.392. The maximum Gasteiger partial charge on any atom is 0.522 e. The lowest BCUT2D eigenvalue weighted by Gasteiger charge is -2.41. The number of methoxy groups -OCH3 is 1. The molecule has 4 rings (SSSR count). The molecule has 0 aromatic carbocycles. The molecule has 2 aliphatic heterocycles. The molecule has 2 saturated heterocycles. The zero-order chi connectivity index (χ0) is 26.8. The van der Waals surface area contributed by atoms with Crippen LogP contribution in [0.3, 0.4) is 0 Å². The summed E-state index contributed by atoms with van der Waals surface area (Å²) in [6.07, 6.45) is -10.1. The van der Waals surface area contributed by atoms with E-state index in [9.17, 15) is 31.1 Å². The fourth-order valence-electron chi connectivity index (χ4n) is 4.13. The lowest BCUT2D eigenvalue weighted by molar-refractivity contribution is -0.325. The third-order valence-corrected chi connectivity index (χ3v) is 5.85. The van der Waals surface area contributed by atoms with Crippen LogP contribution in [0.25, 0.3) is 0 Å². The molecule has 0 radical (unpaired) electrons. The highest BCUT2D eigenvalue weighted by molar-refractivity contribution is 5.92. The number of rotatable bonds is 7. The van der Waals surface area contributed by atoms with Gasteiger partial charge < -0.3 is 23.8 Å². The topological polar surface area (TPSA) is 92.2 Å². The van der Waals surface area contributed by atoms with Crippen LogP contribution in [0.1, 0.15) is 28.3 Å². The highest BCUT2D eigenvalue weighted by atomic mass is 19.4. The van der Waals surface area contributed by atoms with Crippen LogP contribution in [-0.2, 0) is 26.0 Å². The Labute approximate surface area is 206 Å². The number of carbonyl (C=O) groups excluding carboxylic acids is 1. The molecule has 4 heterocycles. The van der Waals surface area contributed by atoms with E-state index in [0.29, 0.717) is 0 Å². The van der Waals surface area contributed by atoms with Gasteiger partial charge >= 0.3 is 12.5 Å². The van der Waals surface area contributed by atoms with Crippen LogP contribution < -0.4 is 9.47 Å².